The third-order valence-electron chi connectivity index (χ3n) is 4.06. The minimum Gasteiger partial charge on any atom is -0.458 e. The monoisotopic (exact) mass is 342 g/mol. The molecule has 0 saturated heterocycles. The third-order valence-corrected chi connectivity index (χ3v) is 4.06. The maximum Gasteiger partial charge on any atom is 0.339 e. The lowest BCUT2D eigenvalue weighted by Crippen LogP contribution is -2.09. The van der Waals surface area contributed by atoms with Crippen molar-refractivity contribution in [3.63, 3.8) is 0 Å². The SMILES string of the molecule is C=C(C/C=C/c1ccccc1)COC(=O)c1ccccc1C#CC1CC1. The van der Waals surface area contributed by atoms with Crippen LogP contribution in [0.1, 0.15) is 40.7 Å². The Bertz CT molecular complexity index is 862. The number of ether oxygens (including phenoxy) is 1. The number of esters is 1. The van der Waals surface area contributed by atoms with E-state index in [1.807, 2.05) is 60.7 Å². The van der Waals surface area contributed by atoms with E-state index in [9.17, 15) is 4.79 Å². The van der Waals surface area contributed by atoms with Crippen LogP contribution in [0.2, 0.25) is 0 Å². The molecule has 1 aliphatic rings. The second-order valence-corrected chi connectivity index (χ2v) is 6.43. The summed E-state index contributed by atoms with van der Waals surface area (Å²) in [6.45, 7) is 4.20. The van der Waals surface area contributed by atoms with Crippen molar-refractivity contribution in [2.75, 3.05) is 6.61 Å². The topological polar surface area (TPSA) is 26.3 Å². The minimum atomic E-state index is -0.348. The van der Waals surface area contributed by atoms with E-state index >= 15 is 0 Å². The summed E-state index contributed by atoms with van der Waals surface area (Å²) in [5, 5.41) is 0. The molecule has 130 valence electrons. The van der Waals surface area contributed by atoms with Gasteiger partial charge in [-0.3, -0.25) is 0 Å². The van der Waals surface area contributed by atoms with Crippen molar-refractivity contribution in [2.45, 2.75) is 19.3 Å². The van der Waals surface area contributed by atoms with Gasteiger partial charge in [-0.05, 0) is 42.5 Å². The molecule has 0 radical (unpaired) electrons. The van der Waals surface area contributed by atoms with Crippen LogP contribution in [0.15, 0.2) is 72.8 Å². The van der Waals surface area contributed by atoms with Gasteiger partial charge < -0.3 is 4.74 Å². The number of hydrogen-bond acceptors (Lipinski definition) is 2. The van der Waals surface area contributed by atoms with Crippen LogP contribution in [0.25, 0.3) is 6.08 Å². The molecular formula is C24H22O2. The van der Waals surface area contributed by atoms with Crippen molar-refractivity contribution in [2.24, 2.45) is 5.92 Å². The standard InChI is InChI=1S/C24H22O2/c1-19(8-7-11-20-9-3-2-4-10-20)18-26-24(25)23-13-6-5-12-22(23)17-16-21-14-15-21/h2-7,9-13,21H,1,8,14-15,18H2/b11-7+. The first-order valence-electron chi connectivity index (χ1n) is 8.88. The van der Waals surface area contributed by atoms with Gasteiger partial charge in [-0.2, -0.15) is 0 Å². The highest BCUT2D eigenvalue weighted by Crippen LogP contribution is 2.27. The van der Waals surface area contributed by atoms with Gasteiger partial charge in [-0.25, -0.2) is 4.79 Å². The lowest BCUT2D eigenvalue weighted by atomic mass is 10.1. The van der Waals surface area contributed by atoms with E-state index in [0.29, 0.717) is 17.9 Å². The minimum absolute atomic E-state index is 0.211. The van der Waals surface area contributed by atoms with E-state index in [1.165, 1.54) is 0 Å². The molecule has 2 aromatic rings. The fourth-order valence-corrected chi connectivity index (χ4v) is 2.41. The Balaban J connectivity index is 1.51. The Morgan fingerprint density at radius 3 is 2.62 bits per heavy atom. The molecule has 0 spiro atoms. The molecule has 1 saturated carbocycles. The van der Waals surface area contributed by atoms with Gasteiger partial charge in [0.2, 0.25) is 0 Å². The lowest BCUT2D eigenvalue weighted by molar-refractivity contribution is 0.0538. The van der Waals surface area contributed by atoms with Gasteiger partial charge in [-0.1, -0.05) is 73.0 Å². The Morgan fingerprint density at radius 2 is 1.85 bits per heavy atom. The van der Waals surface area contributed by atoms with Gasteiger partial charge in [0.25, 0.3) is 0 Å². The normalized spacial score (nSPS) is 13.1. The Hall–Kier alpha value is -3.05. The summed E-state index contributed by atoms with van der Waals surface area (Å²) in [5.41, 5.74) is 3.25. The molecule has 26 heavy (non-hydrogen) atoms. The van der Waals surface area contributed by atoms with Gasteiger partial charge in [0.1, 0.15) is 6.61 Å². The molecule has 0 heterocycles. The van der Waals surface area contributed by atoms with Crippen molar-refractivity contribution < 1.29 is 9.53 Å². The van der Waals surface area contributed by atoms with E-state index in [4.69, 9.17) is 4.74 Å². The molecule has 2 aromatic carbocycles. The molecule has 0 N–H and O–H groups in total. The molecule has 1 fully saturated rings. The van der Waals surface area contributed by atoms with Crippen LogP contribution in [0, 0.1) is 17.8 Å². The number of benzene rings is 2. The maximum atomic E-state index is 12.4. The molecule has 0 unspecified atom stereocenters. The molecule has 2 nitrogen and oxygen atoms in total. The van der Waals surface area contributed by atoms with Crippen LogP contribution >= 0.6 is 0 Å². The molecule has 1 aliphatic carbocycles. The number of carbonyl (C=O) groups is 1. The summed E-state index contributed by atoms with van der Waals surface area (Å²) in [6, 6.07) is 17.4. The lowest BCUT2D eigenvalue weighted by Gasteiger charge is -2.07. The summed E-state index contributed by atoms with van der Waals surface area (Å²) in [7, 11) is 0. The van der Waals surface area contributed by atoms with Gasteiger partial charge in [-0.15, -0.1) is 0 Å². The Kier molecular flexibility index (Phi) is 6.06. The highest BCUT2D eigenvalue weighted by atomic mass is 16.5. The second kappa shape index (κ2) is 8.87. The molecular weight excluding hydrogens is 320 g/mol. The van der Waals surface area contributed by atoms with Crippen molar-refractivity contribution in [1.29, 1.82) is 0 Å². The van der Waals surface area contributed by atoms with E-state index in [2.05, 4.69) is 18.4 Å². The molecule has 0 atom stereocenters. The zero-order chi connectivity index (χ0) is 18.2. The van der Waals surface area contributed by atoms with E-state index < -0.39 is 0 Å². The van der Waals surface area contributed by atoms with Crippen LogP contribution in [-0.4, -0.2) is 12.6 Å². The first-order valence-corrected chi connectivity index (χ1v) is 8.88. The quantitative estimate of drug-likeness (QED) is 0.406. The number of hydrogen-bond donors (Lipinski definition) is 0. The maximum absolute atomic E-state index is 12.4. The summed E-state index contributed by atoms with van der Waals surface area (Å²) in [4.78, 5) is 12.4. The smallest absolute Gasteiger partial charge is 0.339 e. The van der Waals surface area contributed by atoms with Crippen LogP contribution in [0.5, 0.6) is 0 Å². The highest BCUT2D eigenvalue weighted by molar-refractivity contribution is 5.92. The van der Waals surface area contributed by atoms with Gasteiger partial charge in [0, 0.05) is 11.5 Å². The molecule has 0 aliphatic heterocycles. The molecule has 3 rings (SSSR count). The van der Waals surface area contributed by atoms with Crippen LogP contribution in [0.4, 0.5) is 0 Å². The summed E-state index contributed by atoms with van der Waals surface area (Å²) >= 11 is 0. The predicted octanol–water partition coefficient (Wildman–Crippen LogP) is 5.26. The van der Waals surface area contributed by atoms with Gasteiger partial charge in [0.15, 0.2) is 0 Å². The summed E-state index contributed by atoms with van der Waals surface area (Å²) < 4.78 is 5.42. The summed E-state index contributed by atoms with van der Waals surface area (Å²) in [5.74, 6) is 6.45. The second-order valence-electron chi connectivity index (χ2n) is 6.43. The fraction of sp³-hybridized carbons (Fsp3) is 0.208. The van der Waals surface area contributed by atoms with Crippen molar-refractivity contribution in [3.05, 3.63) is 89.5 Å². The first-order chi connectivity index (χ1) is 12.7. The third kappa shape index (κ3) is 5.50. The Morgan fingerprint density at radius 1 is 1.12 bits per heavy atom. The average Bonchev–Trinajstić information content (AvgIpc) is 3.50. The Labute approximate surface area is 155 Å². The van der Waals surface area contributed by atoms with Gasteiger partial charge >= 0.3 is 5.97 Å². The zero-order valence-electron chi connectivity index (χ0n) is 14.8. The highest BCUT2D eigenvalue weighted by Gasteiger charge is 2.18. The zero-order valence-corrected chi connectivity index (χ0v) is 14.8. The van der Waals surface area contributed by atoms with E-state index in [1.54, 1.807) is 6.07 Å². The first kappa shape index (κ1) is 17.8. The van der Waals surface area contributed by atoms with E-state index in [-0.39, 0.29) is 12.6 Å². The van der Waals surface area contributed by atoms with Gasteiger partial charge in [0.05, 0.1) is 5.56 Å². The van der Waals surface area contributed by atoms with Crippen LogP contribution in [-0.2, 0) is 4.74 Å². The fourth-order valence-electron chi connectivity index (χ4n) is 2.41. The molecule has 0 amide bonds. The average molecular weight is 342 g/mol. The van der Waals surface area contributed by atoms with Crippen molar-refractivity contribution in [3.8, 4) is 11.8 Å². The molecule has 0 bridgehead atoms. The summed E-state index contributed by atoms with van der Waals surface area (Å²) in [6.07, 6.45) is 7.06. The number of carbonyl (C=O) groups excluding carboxylic acids is 1. The van der Waals surface area contributed by atoms with Crippen LogP contribution < -0.4 is 0 Å². The predicted molar refractivity (Wildman–Crippen MR) is 106 cm³/mol. The number of allylic oxidation sites excluding steroid dienone is 1. The largest absolute Gasteiger partial charge is 0.458 e. The van der Waals surface area contributed by atoms with Crippen molar-refractivity contribution in [1.82, 2.24) is 0 Å². The molecule has 0 aromatic heterocycles. The van der Waals surface area contributed by atoms with Crippen molar-refractivity contribution >= 4 is 12.0 Å². The van der Waals surface area contributed by atoms with Crippen LogP contribution in [0.3, 0.4) is 0 Å². The molecule has 2 heteroatoms. The van der Waals surface area contributed by atoms with E-state index in [0.717, 1.165) is 29.5 Å². The number of rotatable bonds is 6.